The first-order valence-corrected chi connectivity index (χ1v) is 8.99. The Kier molecular flexibility index (Phi) is 5.14. The Labute approximate surface area is 147 Å². The number of amides is 1. The second-order valence-electron chi connectivity index (χ2n) is 6.55. The number of aromatic nitrogens is 3. The fraction of sp³-hybridized carbons (Fsp3) is 0.500. The van der Waals surface area contributed by atoms with Crippen molar-refractivity contribution in [2.24, 2.45) is 0 Å². The van der Waals surface area contributed by atoms with E-state index in [9.17, 15) is 4.79 Å². The van der Waals surface area contributed by atoms with E-state index in [0.29, 0.717) is 23.8 Å². The van der Waals surface area contributed by atoms with Crippen molar-refractivity contribution >= 4 is 18.1 Å². The number of aromatic amines is 1. The predicted molar refractivity (Wildman–Crippen MR) is 97.2 cm³/mol. The van der Waals surface area contributed by atoms with Crippen LogP contribution in [-0.2, 0) is 11.3 Å². The van der Waals surface area contributed by atoms with Crippen molar-refractivity contribution in [1.82, 2.24) is 19.7 Å². The quantitative estimate of drug-likeness (QED) is 0.860. The zero-order valence-corrected chi connectivity index (χ0v) is 15.1. The van der Waals surface area contributed by atoms with Gasteiger partial charge in [0.1, 0.15) is 0 Å². The van der Waals surface area contributed by atoms with Gasteiger partial charge >= 0.3 is 0 Å². The van der Waals surface area contributed by atoms with Gasteiger partial charge in [0.25, 0.3) is 0 Å². The number of piperidine rings is 1. The van der Waals surface area contributed by atoms with Gasteiger partial charge in [-0.3, -0.25) is 14.5 Å². The van der Waals surface area contributed by atoms with Gasteiger partial charge in [0, 0.05) is 31.1 Å². The van der Waals surface area contributed by atoms with Crippen LogP contribution in [0, 0.1) is 11.7 Å². The fourth-order valence-corrected chi connectivity index (χ4v) is 3.49. The minimum atomic E-state index is 0.208. The fourth-order valence-electron chi connectivity index (χ4n) is 3.27. The standard InChI is InChI=1S/C18H24N4OS/c1-13-6-8-15(9-7-13)17-19-20-18(24)22(17)12-10-16(23)21-11-4-3-5-14(21)2/h6-9,14H,3-5,10-12H2,1-2H3,(H,20,24). The Balaban J connectivity index is 1.73. The third-order valence-electron chi connectivity index (χ3n) is 4.74. The van der Waals surface area contributed by atoms with Gasteiger partial charge in [0.15, 0.2) is 10.6 Å². The van der Waals surface area contributed by atoms with E-state index in [2.05, 4.69) is 36.2 Å². The molecule has 0 spiro atoms. The first-order valence-electron chi connectivity index (χ1n) is 8.58. The molecule has 2 aromatic rings. The van der Waals surface area contributed by atoms with Crippen LogP contribution in [0.5, 0.6) is 0 Å². The maximum Gasteiger partial charge on any atom is 0.224 e. The van der Waals surface area contributed by atoms with E-state index < -0.39 is 0 Å². The third kappa shape index (κ3) is 3.59. The highest BCUT2D eigenvalue weighted by atomic mass is 32.1. The summed E-state index contributed by atoms with van der Waals surface area (Å²) in [7, 11) is 0. The molecular formula is C18H24N4OS. The van der Waals surface area contributed by atoms with Gasteiger partial charge in [-0.15, -0.1) is 0 Å². The molecule has 1 saturated heterocycles. The number of nitrogens with zero attached hydrogens (tertiary/aromatic N) is 3. The molecule has 1 N–H and O–H groups in total. The highest BCUT2D eigenvalue weighted by molar-refractivity contribution is 7.71. The minimum absolute atomic E-state index is 0.208. The van der Waals surface area contributed by atoms with Gasteiger partial charge in [-0.25, -0.2) is 0 Å². The molecule has 0 radical (unpaired) electrons. The molecule has 24 heavy (non-hydrogen) atoms. The van der Waals surface area contributed by atoms with E-state index in [0.717, 1.165) is 30.8 Å². The van der Waals surface area contributed by atoms with Crippen LogP contribution in [0.4, 0.5) is 0 Å². The van der Waals surface area contributed by atoms with Crippen molar-refractivity contribution in [3.05, 3.63) is 34.6 Å². The van der Waals surface area contributed by atoms with Crippen molar-refractivity contribution in [1.29, 1.82) is 0 Å². The lowest BCUT2D eigenvalue weighted by Gasteiger charge is -2.33. The van der Waals surface area contributed by atoms with Gasteiger partial charge in [-0.1, -0.05) is 29.8 Å². The number of carbonyl (C=O) groups excluding carboxylic acids is 1. The van der Waals surface area contributed by atoms with Crippen LogP contribution >= 0.6 is 12.2 Å². The number of likely N-dealkylation sites (tertiary alicyclic amines) is 1. The Bertz CT molecular complexity index is 762. The van der Waals surface area contributed by atoms with E-state index >= 15 is 0 Å². The Morgan fingerprint density at radius 2 is 2.08 bits per heavy atom. The van der Waals surface area contributed by atoms with E-state index in [4.69, 9.17) is 12.2 Å². The van der Waals surface area contributed by atoms with Gasteiger partial charge in [0.05, 0.1) is 0 Å². The number of aryl methyl sites for hydroxylation is 1. The predicted octanol–water partition coefficient (Wildman–Crippen LogP) is 3.71. The van der Waals surface area contributed by atoms with Crippen LogP contribution in [0.2, 0.25) is 0 Å². The number of nitrogens with one attached hydrogen (secondary N) is 1. The highest BCUT2D eigenvalue weighted by Gasteiger charge is 2.23. The van der Waals surface area contributed by atoms with Crippen molar-refractivity contribution in [2.45, 2.75) is 52.1 Å². The van der Waals surface area contributed by atoms with E-state index in [1.54, 1.807) is 0 Å². The number of H-pyrrole nitrogens is 1. The summed E-state index contributed by atoms with van der Waals surface area (Å²) < 4.78 is 2.48. The van der Waals surface area contributed by atoms with Crippen LogP contribution in [0.1, 0.15) is 38.2 Å². The zero-order valence-electron chi connectivity index (χ0n) is 14.3. The lowest BCUT2D eigenvalue weighted by Crippen LogP contribution is -2.42. The van der Waals surface area contributed by atoms with Crippen molar-refractivity contribution < 1.29 is 4.79 Å². The number of carbonyl (C=O) groups is 1. The molecule has 0 bridgehead atoms. The maximum absolute atomic E-state index is 12.6. The molecule has 2 heterocycles. The monoisotopic (exact) mass is 344 g/mol. The molecule has 1 aliphatic heterocycles. The third-order valence-corrected chi connectivity index (χ3v) is 5.05. The average Bonchev–Trinajstić information content (AvgIpc) is 2.94. The second-order valence-corrected chi connectivity index (χ2v) is 6.94. The van der Waals surface area contributed by atoms with Crippen LogP contribution in [0.15, 0.2) is 24.3 Å². The molecule has 6 heteroatoms. The maximum atomic E-state index is 12.6. The van der Waals surface area contributed by atoms with Crippen molar-refractivity contribution in [2.75, 3.05) is 6.54 Å². The normalized spacial score (nSPS) is 17.9. The van der Waals surface area contributed by atoms with Crippen LogP contribution in [-0.4, -0.2) is 38.2 Å². The Morgan fingerprint density at radius 1 is 1.33 bits per heavy atom. The Hall–Kier alpha value is -1.95. The highest BCUT2D eigenvalue weighted by Crippen LogP contribution is 2.20. The molecule has 128 valence electrons. The second kappa shape index (κ2) is 7.30. The number of hydrogen-bond donors (Lipinski definition) is 1. The van der Waals surface area contributed by atoms with E-state index in [-0.39, 0.29) is 5.91 Å². The summed E-state index contributed by atoms with van der Waals surface area (Å²) in [4.78, 5) is 14.6. The number of benzene rings is 1. The summed E-state index contributed by atoms with van der Waals surface area (Å²) in [5, 5.41) is 7.20. The molecule has 0 saturated carbocycles. The summed E-state index contributed by atoms with van der Waals surface area (Å²) in [6.07, 6.45) is 3.88. The molecule has 0 aliphatic carbocycles. The molecule has 1 amide bonds. The van der Waals surface area contributed by atoms with Gasteiger partial charge < -0.3 is 4.90 Å². The lowest BCUT2D eigenvalue weighted by atomic mass is 10.0. The van der Waals surface area contributed by atoms with Crippen LogP contribution < -0.4 is 0 Å². The molecule has 5 nitrogen and oxygen atoms in total. The SMILES string of the molecule is Cc1ccc(-c2n[nH]c(=S)n2CCC(=O)N2CCCCC2C)cc1. The van der Waals surface area contributed by atoms with Crippen LogP contribution in [0.25, 0.3) is 11.4 Å². The van der Waals surface area contributed by atoms with E-state index in [1.807, 2.05) is 21.6 Å². The zero-order chi connectivity index (χ0) is 17.1. The summed E-state index contributed by atoms with van der Waals surface area (Å²) in [5.74, 6) is 1.000. The Morgan fingerprint density at radius 3 is 2.79 bits per heavy atom. The number of rotatable bonds is 4. The molecule has 1 unspecified atom stereocenters. The van der Waals surface area contributed by atoms with Gasteiger partial charge in [-0.2, -0.15) is 5.10 Å². The van der Waals surface area contributed by atoms with Gasteiger partial charge in [0.2, 0.25) is 5.91 Å². The minimum Gasteiger partial charge on any atom is -0.340 e. The molecule has 3 rings (SSSR count). The summed E-state index contributed by atoms with van der Waals surface area (Å²) in [6, 6.07) is 8.52. The first-order chi connectivity index (χ1) is 11.6. The molecule has 1 aliphatic rings. The smallest absolute Gasteiger partial charge is 0.224 e. The molecule has 1 aromatic carbocycles. The van der Waals surface area contributed by atoms with Crippen LogP contribution in [0.3, 0.4) is 0 Å². The molecule has 1 fully saturated rings. The summed E-state index contributed by atoms with van der Waals surface area (Å²) in [6.45, 7) is 5.62. The van der Waals surface area contributed by atoms with Crippen molar-refractivity contribution in [3.63, 3.8) is 0 Å². The van der Waals surface area contributed by atoms with E-state index in [1.165, 1.54) is 12.0 Å². The molecular weight excluding hydrogens is 320 g/mol. The first kappa shape index (κ1) is 16.9. The molecule has 1 atom stereocenters. The number of hydrogen-bond acceptors (Lipinski definition) is 3. The largest absolute Gasteiger partial charge is 0.340 e. The van der Waals surface area contributed by atoms with Gasteiger partial charge in [-0.05, 0) is 45.3 Å². The summed E-state index contributed by atoms with van der Waals surface area (Å²) >= 11 is 5.35. The lowest BCUT2D eigenvalue weighted by molar-refractivity contribution is -0.134. The molecule has 1 aromatic heterocycles. The topological polar surface area (TPSA) is 53.9 Å². The summed E-state index contributed by atoms with van der Waals surface area (Å²) in [5.41, 5.74) is 2.21. The average molecular weight is 344 g/mol. The van der Waals surface area contributed by atoms with Crippen molar-refractivity contribution in [3.8, 4) is 11.4 Å².